The average molecular weight is 759 g/mol. The van der Waals surface area contributed by atoms with Gasteiger partial charge in [0.05, 0.1) is 33.4 Å². The van der Waals surface area contributed by atoms with Crippen LogP contribution < -0.4 is 0 Å². The van der Waals surface area contributed by atoms with Crippen molar-refractivity contribution in [1.29, 1.82) is 0 Å². The van der Waals surface area contributed by atoms with Gasteiger partial charge in [-0.2, -0.15) is 0 Å². The summed E-state index contributed by atoms with van der Waals surface area (Å²) in [5.41, 5.74) is 0. The number of carboxylic acid groups (broad SMARTS) is 2. The second-order valence-electron chi connectivity index (χ2n) is 8.78. The Bertz CT molecular complexity index is 940. The van der Waals surface area contributed by atoms with Crippen molar-refractivity contribution < 1.29 is 104 Å². The molecule has 3 rings (SSSR count). The molecule has 0 aliphatic carbocycles. The van der Waals surface area contributed by atoms with E-state index in [2.05, 4.69) is 9.47 Å². The lowest BCUT2D eigenvalue weighted by molar-refractivity contribution is -0.286. The van der Waals surface area contributed by atoms with Crippen LogP contribution in [0.2, 0.25) is 0 Å². The summed E-state index contributed by atoms with van der Waals surface area (Å²) in [6.07, 6.45) is -10.4. The first kappa shape index (κ1) is 60.1. The van der Waals surface area contributed by atoms with Crippen molar-refractivity contribution in [3.63, 3.8) is 0 Å². The average Bonchev–Trinajstić information content (AvgIpc) is 3.70. The molecule has 0 amide bonds. The van der Waals surface area contributed by atoms with E-state index < -0.39 is 80.6 Å². The highest BCUT2D eigenvalue weighted by atomic mass is 19.1. The van der Waals surface area contributed by atoms with E-state index in [4.69, 9.17) is 70.5 Å². The Morgan fingerprint density at radius 3 is 1.55 bits per heavy atom. The number of aldehydes is 1. The van der Waals surface area contributed by atoms with Gasteiger partial charge in [0.25, 0.3) is 6.47 Å². The number of aliphatic hydroxyl groups is 11. The van der Waals surface area contributed by atoms with Gasteiger partial charge in [-0.3, -0.25) is 18.8 Å². The van der Waals surface area contributed by atoms with Crippen LogP contribution in [0.5, 0.6) is 0 Å². The molecule has 3 heterocycles. The summed E-state index contributed by atoms with van der Waals surface area (Å²) in [6.45, 7) is 7.08. The van der Waals surface area contributed by atoms with Crippen molar-refractivity contribution >= 4 is 24.5 Å². The molecular formula is C30H59FO20. The number of ketones is 1. The summed E-state index contributed by atoms with van der Waals surface area (Å²) >= 11 is 0. The maximum atomic E-state index is 10.1. The minimum absolute atomic E-state index is 0. The van der Waals surface area contributed by atoms with E-state index in [1.807, 2.05) is 27.7 Å². The Hall–Kier alpha value is -3.03. The first-order valence-electron chi connectivity index (χ1n) is 14.8. The minimum Gasteiger partial charge on any atom is -0.483 e. The number of hydrogen-bond acceptors (Lipinski definition) is 18. The smallest absolute Gasteiger partial charge is 0.303 e. The first-order chi connectivity index (χ1) is 23.5. The third kappa shape index (κ3) is 25.6. The summed E-state index contributed by atoms with van der Waals surface area (Å²) in [5, 5.41) is 113. The monoisotopic (exact) mass is 758 g/mol. The summed E-state index contributed by atoms with van der Waals surface area (Å²) in [4.78, 5) is 38.2. The lowest BCUT2D eigenvalue weighted by atomic mass is 10.00. The fourth-order valence-electron chi connectivity index (χ4n) is 3.06. The van der Waals surface area contributed by atoms with Gasteiger partial charge in [-0.1, -0.05) is 35.1 Å². The SMILES string of the molecule is C.CC.CC.CC(=O)CCC(=O)O.CF.O=CO.O=Cc1ccc(CO)o1.OCC1O[C@@H](O)C(O)[C@H](O)[C@@H]1O.OC[C@H]1O[C@@](O)(CO)[C@H](O)C1O. The zero-order valence-corrected chi connectivity index (χ0v) is 28.7. The van der Waals surface area contributed by atoms with Gasteiger partial charge < -0.3 is 85.1 Å². The summed E-state index contributed by atoms with van der Waals surface area (Å²) < 4.78 is 23.5. The molecule has 1 aromatic rings. The highest BCUT2D eigenvalue weighted by Gasteiger charge is 2.52. The van der Waals surface area contributed by atoms with Crippen LogP contribution in [0.3, 0.4) is 0 Å². The van der Waals surface area contributed by atoms with Gasteiger partial charge in [-0.25, -0.2) is 0 Å². The standard InChI is InChI=1S/2C6H12O6.C6H6O3.C5H8O3.2C2H6.CH3F.CH2O2.CH4/c7-1-3-4(9)5(10)6(11,2-8)12-3;7-1-2-3(8)4(9)5(10)6(11)12-2;7-3-5-1-2-6(4-8)9-5;1-4(6)2-3-5(7)8;3*1-2;2-1-3;/h3-5,7-11H,1-2H2;2-11H,1H2;1-3,8H,4H2;2-3H2,1H3,(H,7,8);2*1-2H3;1H3;1H,(H,2,3);1H4/t3-,4?,5-,6+;2?,3-,4-,5?,6-;;;;;;;/m11......./s1. The first-order valence-corrected chi connectivity index (χ1v) is 14.8. The van der Waals surface area contributed by atoms with Crippen LogP contribution in [0.4, 0.5) is 4.39 Å². The van der Waals surface area contributed by atoms with Crippen LogP contribution >= 0.6 is 0 Å². The molecule has 2 aliphatic heterocycles. The summed E-state index contributed by atoms with van der Waals surface area (Å²) in [6, 6.07) is 3.07. The molecule has 2 saturated heterocycles. The van der Waals surface area contributed by atoms with Crippen molar-refractivity contribution in [2.45, 2.75) is 116 Å². The molecule has 21 heteroatoms. The van der Waals surface area contributed by atoms with Gasteiger partial charge >= 0.3 is 5.97 Å². The lowest BCUT2D eigenvalue weighted by Gasteiger charge is -2.37. The van der Waals surface area contributed by atoms with Gasteiger partial charge in [0.15, 0.2) is 18.3 Å². The summed E-state index contributed by atoms with van der Waals surface area (Å²) in [5.74, 6) is -2.49. The van der Waals surface area contributed by atoms with Crippen LogP contribution in [-0.2, 0) is 30.5 Å². The molecule has 2 fully saturated rings. The molecule has 51 heavy (non-hydrogen) atoms. The molecule has 1 aromatic heterocycles. The highest BCUT2D eigenvalue weighted by Crippen LogP contribution is 2.28. The fourth-order valence-corrected chi connectivity index (χ4v) is 3.06. The van der Waals surface area contributed by atoms with Crippen LogP contribution in [0.25, 0.3) is 0 Å². The third-order valence-electron chi connectivity index (χ3n) is 5.44. The van der Waals surface area contributed by atoms with Gasteiger partial charge in [-0.15, -0.1) is 0 Å². The Balaban J connectivity index is -0.000000123. The number of carboxylic acids is 1. The molecule has 0 aromatic carbocycles. The normalized spacial score (nSPS) is 26.5. The number of Topliss-reactive ketones (excluding diaryl/α,β-unsaturated/α-hetero) is 1. The van der Waals surface area contributed by atoms with Crippen molar-refractivity contribution in [3.8, 4) is 0 Å². The number of carbonyl (C=O) groups is 4. The van der Waals surface area contributed by atoms with E-state index >= 15 is 0 Å². The number of aliphatic hydroxyl groups excluding tert-OH is 10. The van der Waals surface area contributed by atoms with Crippen molar-refractivity contribution in [3.05, 3.63) is 23.7 Å². The number of carbonyl (C=O) groups excluding carboxylic acids is 2. The zero-order chi connectivity index (χ0) is 40.6. The Kier molecular flexibility index (Phi) is 43.3. The largest absolute Gasteiger partial charge is 0.483 e. The number of ether oxygens (including phenoxy) is 2. The van der Waals surface area contributed by atoms with Crippen LogP contribution in [0.1, 0.15) is 71.2 Å². The topological polar surface area (TPSA) is 363 Å². The van der Waals surface area contributed by atoms with E-state index in [-0.39, 0.29) is 44.9 Å². The van der Waals surface area contributed by atoms with Gasteiger partial charge in [0.2, 0.25) is 5.79 Å². The quantitative estimate of drug-likeness (QED) is 0.122. The minimum atomic E-state index is -2.16. The fraction of sp³-hybridized carbons (Fsp3) is 0.733. The second-order valence-corrected chi connectivity index (χ2v) is 8.78. The van der Waals surface area contributed by atoms with Crippen molar-refractivity contribution in [1.82, 2.24) is 0 Å². The number of halogens is 1. The number of furan rings is 1. The second kappa shape index (κ2) is 36.8. The van der Waals surface area contributed by atoms with E-state index in [0.717, 1.165) is 0 Å². The summed E-state index contributed by atoms with van der Waals surface area (Å²) in [7, 11) is 0.500. The Morgan fingerprint density at radius 2 is 1.29 bits per heavy atom. The van der Waals surface area contributed by atoms with Crippen LogP contribution in [-0.4, -0.2) is 173 Å². The lowest BCUT2D eigenvalue weighted by Crippen LogP contribution is -2.58. The molecule has 9 atom stereocenters. The van der Waals surface area contributed by atoms with E-state index in [0.29, 0.717) is 19.2 Å². The third-order valence-corrected chi connectivity index (χ3v) is 5.44. The maximum Gasteiger partial charge on any atom is 0.303 e. The maximum absolute atomic E-state index is 10.1. The predicted octanol–water partition coefficient (Wildman–Crippen LogP) is -2.44. The highest BCUT2D eigenvalue weighted by molar-refractivity contribution is 5.80. The molecule has 3 unspecified atom stereocenters. The molecule has 13 N–H and O–H groups in total. The van der Waals surface area contributed by atoms with Gasteiger partial charge in [0, 0.05) is 6.42 Å². The molecule has 2 aliphatic rings. The Morgan fingerprint density at radius 1 is 0.824 bits per heavy atom. The number of rotatable bonds is 8. The van der Waals surface area contributed by atoms with E-state index in [9.17, 15) is 23.9 Å². The number of aliphatic carboxylic acids is 1. The molecule has 20 nitrogen and oxygen atoms in total. The number of alkyl halides is 1. The van der Waals surface area contributed by atoms with Crippen LogP contribution in [0.15, 0.2) is 16.5 Å². The van der Waals surface area contributed by atoms with Crippen LogP contribution in [0, 0.1) is 0 Å². The molecule has 0 spiro atoms. The molecule has 0 saturated carbocycles. The predicted molar refractivity (Wildman–Crippen MR) is 175 cm³/mol. The van der Waals surface area contributed by atoms with Crippen molar-refractivity contribution in [2.75, 3.05) is 27.0 Å². The molecular weight excluding hydrogens is 699 g/mol. The van der Waals surface area contributed by atoms with E-state index in [1.165, 1.54) is 13.0 Å². The van der Waals surface area contributed by atoms with Gasteiger partial charge in [-0.05, 0) is 19.1 Å². The molecule has 306 valence electrons. The number of hydrogen-bond donors (Lipinski definition) is 13. The van der Waals surface area contributed by atoms with Gasteiger partial charge in [0.1, 0.15) is 60.9 Å². The molecule has 0 radical (unpaired) electrons. The van der Waals surface area contributed by atoms with E-state index in [1.54, 1.807) is 6.07 Å². The van der Waals surface area contributed by atoms with Crippen molar-refractivity contribution in [2.24, 2.45) is 0 Å². The Labute approximate surface area is 295 Å². The zero-order valence-electron chi connectivity index (χ0n) is 28.7. The molecule has 0 bridgehead atoms.